The lowest BCUT2D eigenvalue weighted by molar-refractivity contribution is 0.318. The van der Waals surface area contributed by atoms with Gasteiger partial charge in [0.15, 0.2) is 0 Å². The normalized spacial score (nSPS) is 14.4. The highest BCUT2D eigenvalue weighted by Gasteiger charge is 2.24. The van der Waals surface area contributed by atoms with Crippen LogP contribution in [0, 0.1) is 0 Å². The number of fused-ring (bicyclic) bond motifs is 3. The molecule has 0 amide bonds. The van der Waals surface area contributed by atoms with E-state index in [1.54, 1.807) is 15.9 Å². The lowest BCUT2D eigenvalue weighted by atomic mass is 10.1. The highest BCUT2D eigenvalue weighted by Crippen LogP contribution is 2.33. The summed E-state index contributed by atoms with van der Waals surface area (Å²) in [5.41, 5.74) is 1.97. The number of thiophene rings is 1. The molecule has 0 aliphatic carbocycles. The molecule has 3 aromatic rings. The van der Waals surface area contributed by atoms with Crippen LogP contribution >= 0.6 is 22.9 Å². The molecule has 0 bridgehead atoms. The second-order valence-corrected chi connectivity index (χ2v) is 8.88. The van der Waals surface area contributed by atoms with Gasteiger partial charge in [-0.15, -0.1) is 11.3 Å². The Labute approximate surface area is 174 Å². The van der Waals surface area contributed by atoms with Crippen molar-refractivity contribution in [3.63, 3.8) is 0 Å². The third-order valence-electron chi connectivity index (χ3n) is 5.21. The summed E-state index contributed by atoms with van der Waals surface area (Å²) in [4.78, 5) is 22.9. The van der Waals surface area contributed by atoms with Gasteiger partial charge in [0.05, 0.1) is 11.1 Å². The number of benzene rings is 1. The Morgan fingerprint density at radius 1 is 1.25 bits per heavy atom. The first kappa shape index (κ1) is 19.4. The lowest BCUT2D eigenvalue weighted by Gasteiger charge is -2.21. The molecular formula is C21H25ClN4OS. The summed E-state index contributed by atoms with van der Waals surface area (Å²) in [5, 5.41) is 4.83. The van der Waals surface area contributed by atoms with E-state index in [9.17, 15) is 4.79 Å². The maximum atomic E-state index is 13.6. The first-order valence-corrected chi connectivity index (χ1v) is 11.0. The third-order valence-corrected chi connectivity index (χ3v) is 6.58. The zero-order valence-electron chi connectivity index (χ0n) is 16.3. The molecule has 1 aliphatic heterocycles. The Morgan fingerprint density at radius 3 is 2.79 bits per heavy atom. The van der Waals surface area contributed by atoms with E-state index >= 15 is 0 Å². The molecule has 3 heterocycles. The quantitative estimate of drug-likeness (QED) is 0.592. The molecule has 1 aliphatic rings. The maximum Gasteiger partial charge on any atom is 0.268 e. The second kappa shape index (κ2) is 8.23. The van der Waals surface area contributed by atoms with Crippen LogP contribution in [-0.2, 0) is 13.0 Å². The smallest absolute Gasteiger partial charge is 0.268 e. The number of anilines is 1. The number of halogens is 1. The lowest BCUT2D eigenvalue weighted by Crippen LogP contribution is -2.27. The molecule has 0 radical (unpaired) electrons. The minimum Gasteiger partial charge on any atom is -0.355 e. The number of likely N-dealkylation sites (N-methyl/N-ethyl adjacent to an activating group) is 1. The van der Waals surface area contributed by atoms with Gasteiger partial charge in [0, 0.05) is 29.5 Å². The SMILES string of the molecule is CCCCCNc1nc2sc3c(c2c(=O)n1-c1ccc(Cl)cc1)CCN(C)C3. The van der Waals surface area contributed by atoms with Crippen molar-refractivity contribution in [1.82, 2.24) is 14.5 Å². The van der Waals surface area contributed by atoms with E-state index in [1.165, 1.54) is 10.4 Å². The van der Waals surface area contributed by atoms with E-state index in [-0.39, 0.29) is 5.56 Å². The number of hydrogen-bond acceptors (Lipinski definition) is 5. The van der Waals surface area contributed by atoms with Crippen LogP contribution in [0.5, 0.6) is 0 Å². The fourth-order valence-corrected chi connectivity index (χ4v) is 5.11. The van der Waals surface area contributed by atoms with E-state index in [1.807, 2.05) is 24.3 Å². The van der Waals surface area contributed by atoms with E-state index < -0.39 is 0 Å². The van der Waals surface area contributed by atoms with Crippen LogP contribution < -0.4 is 10.9 Å². The summed E-state index contributed by atoms with van der Waals surface area (Å²) >= 11 is 7.72. The molecule has 0 saturated carbocycles. The average Bonchev–Trinajstić information content (AvgIpc) is 3.04. The van der Waals surface area contributed by atoms with Crippen molar-refractivity contribution in [1.29, 1.82) is 0 Å². The van der Waals surface area contributed by atoms with Crippen LogP contribution in [0.4, 0.5) is 5.95 Å². The van der Waals surface area contributed by atoms with Crippen molar-refractivity contribution in [3.8, 4) is 5.69 Å². The summed E-state index contributed by atoms with van der Waals surface area (Å²) in [6, 6.07) is 7.38. The zero-order valence-corrected chi connectivity index (χ0v) is 17.9. The maximum absolute atomic E-state index is 13.6. The Bertz CT molecular complexity index is 1040. The monoisotopic (exact) mass is 416 g/mol. The third kappa shape index (κ3) is 3.69. The molecule has 7 heteroatoms. The minimum absolute atomic E-state index is 0.00682. The number of hydrogen-bond donors (Lipinski definition) is 1. The molecule has 0 atom stereocenters. The molecule has 28 heavy (non-hydrogen) atoms. The highest BCUT2D eigenvalue weighted by molar-refractivity contribution is 7.18. The van der Waals surface area contributed by atoms with Gasteiger partial charge >= 0.3 is 0 Å². The van der Waals surface area contributed by atoms with Crippen molar-refractivity contribution in [2.24, 2.45) is 0 Å². The van der Waals surface area contributed by atoms with Gasteiger partial charge in [-0.25, -0.2) is 9.55 Å². The molecule has 0 spiro atoms. The topological polar surface area (TPSA) is 50.2 Å². The van der Waals surface area contributed by atoms with Crippen LogP contribution in [0.1, 0.15) is 36.6 Å². The van der Waals surface area contributed by atoms with Gasteiger partial charge in [-0.05, 0) is 49.7 Å². The molecule has 0 unspecified atom stereocenters. The van der Waals surface area contributed by atoms with Crippen LogP contribution in [0.3, 0.4) is 0 Å². The van der Waals surface area contributed by atoms with Gasteiger partial charge in [0.25, 0.3) is 5.56 Å². The largest absolute Gasteiger partial charge is 0.355 e. The number of nitrogens with one attached hydrogen (secondary N) is 1. The van der Waals surface area contributed by atoms with E-state index in [2.05, 4.69) is 24.2 Å². The molecule has 1 N–H and O–H groups in total. The van der Waals surface area contributed by atoms with E-state index in [4.69, 9.17) is 16.6 Å². The number of aromatic nitrogens is 2. The molecule has 4 rings (SSSR count). The highest BCUT2D eigenvalue weighted by atomic mass is 35.5. The second-order valence-electron chi connectivity index (χ2n) is 7.36. The molecule has 148 valence electrons. The van der Waals surface area contributed by atoms with Gasteiger partial charge in [0.1, 0.15) is 4.83 Å². The van der Waals surface area contributed by atoms with Crippen molar-refractivity contribution in [2.75, 3.05) is 25.5 Å². The van der Waals surface area contributed by atoms with Crippen LogP contribution in [0.15, 0.2) is 29.1 Å². The number of rotatable bonds is 6. The van der Waals surface area contributed by atoms with Crippen LogP contribution in [0.25, 0.3) is 15.9 Å². The summed E-state index contributed by atoms with van der Waals surface area (Å²) in [7, 11) is 2.12. The Morgan fingerprint density at radius 2 is 2.04 bits per heavy atom. The molecule has 5 nitrogen and oxygen atoms in total. The van der Waals surface area contributed by atoms with Gasteiger partial charge in [0.2, 0.25) is 5.95 Å². The molecule has 2 aromatic heterocycles. The standard InChI is InChI=1S/C21H25ClN4OS/c1-3-4-5-11-23-21-24-19-18(16-10-12-25(2)13-17(16)28-19)20(27)26(21)15-8-6-14(22)7-9-15/h6-9H,3-5,10-13H2,1-2H3,(H,23,24). The van der Waals surface area contributed by atoms with Gasteiger partial charge < -0.3 is 10.2 Å². The van der Waals surface area contributed by atoms with E-state index in [0.29, 0.717) is 11.0 Å². The predicted octanol–water partition coefficient (Wildman–Crippen LogP) is 4.69. The first-order chi connectivity index (χ1) is 13.6. The van der Waals surface area contributed by atoms with Crippen molar-refractivity contribution >= 4 is 39.1 Å². The predicted molar refractivity (Wildman–Crippen MR) is 118 cm³/mol. The van der Waals surface area contributed by atoms with Crippen LogP contribution in [0.2, 0.25) is 5.02 Å². The summed E-state index contributed by atoms with van der Waals surface area (Å²) in [6.07, 6.45) is 4.26. The van der Waals surface area contributed by atoms with Crippen LogP contribution in [-0.4, -0.2) is 34.6 Å². The minimum atomic E-state index is 0.00682. The Hall–Kier alpha value is -1.89. The summed E-state index contributed by atoms with van der Waals surface area (Å²) in [6.45, 7) is 4.83. The van der Waals surface area contributed by atoms with Crippen molar-refractivity contribution < 1.29 is 0 Å². The van der Waals surface area contributed by atoms with Crippen molar-refractivity contribution in [3.05, 3.63) is 50.1 Å². The first-order valence-electron chi connectivity index (χ1n) is 9.84. The van der Waals surface area contributed by atoms with Gasteiger partial charge in [-0.1, -0.05) is 31.4 Å². The molecular weight excluding hydrogens is 392 g/mol. The fourth-order valence-electron chi connectivity index (χ4n) is 3.69. The summed E-state index contributed by atoms with van der Waals surface area (Å²) < 4.78 is 1.70. The van der Waals surface area contributed by atoms with Gasteiger partial charge in [-0.2, -0.15) is 0 Å². The molecule has 0 fully saturated rings. The summed E-state index contributed by atoms with van der Waals surface area (Å²) in [5.74, 6) is 0.614. The van der Waals surface area contributed by atoms with Crippen molar-refractivity contribution in [2.45, 2.75) is 39.2 Å². The molecule has 0 saturated heterocycles. The fraction of sp³-hybridized carbons (Fsp3) is 0.429. The number of nitrogens with zero attached hydrogens (tertiary/aromatic N) is 3. The average molecular weight is 417 g/mol. The Balaban J connectivity index is 1.86. The zero-order chi connectivity index (χ0) is 19.7. The van der Waals surface area contributed by atoms with Gasteiger partial charge in [-0.3, -0.25) is 4.79 Å². The number of unbranched alkanes of at least 4 members (excludes halogenated alkanes) is 2. The Kier molecular flexibility index (Phi) is 5.71. The van der Waals surface area contributed by atoms with E-state index in [0.717, 1.165) is 61.2 Å². The molecule has 1 aromatic carbocycles.